The first-order chi connectivity index (χ1) is 12.1. The topological polar surface area (TPSA) is 63.2 Å². The van der Waals surface area contributed by atoms with Crippen molar-refractivity contribution in [1.29, 1.82) is 5.26 Å². The number of imidazole rings is 1. The molecule has 0 radical (unpaired) electrons. The van der Waals surface area contributed by atoms with Gasteiger partial charge in [-0.3, -0.25) is 9.38 Å². The Bertz CT molecular complexity index is 1000. The van der Waals surface area contributed by atoms with Crippen molar-refractivity contribution in [3.63, 3.8) is 0 Å². The van der Waals surface area contributed by atoms with Crippen LogP contribution in [0.3, 0.4) is 0 Å². The number of alkyl halides is 5. The monoisotopic (exact) mass is 386 g/mol. The van der Waals surface area contributed by atoms with Crippen LogP contribution in [0.5, 0.6) is 5.75 Å². The highest BCUT2D eigenvalue weighted by atomic mass is 31.0. The molecular formula is C15H8F5N4OP. The molecule has 5 nitrogen and oxygen atoms in total. The van der Waals surface area contributed by atoms with Crippen molar-refractivity contribution in [1.82, 2.24) is 14.4 Å². The minimum atomic E-state index is -4.77. The van der Waals surface area contributed by atoms with Crippen LogP contribution < -0.4 is 4.74 Å². The third kappa shape index (κ3) is 3.58. The standard InChI is InChI=1S/C15H8F5N4OP/c16-14(17,18)13-23-10(5-21)12-6-22-11(7-24(12)13)8-1-3-9(4-2-8)25-15(19,20)26/h1-4,6-7H,26H2. The number of fused-ring (bicyclic) bond motifs is 1. The highest BCUT2D eigenvalue weighted by molar-refractivity contribution is 7.17. The maximum atomic E-state index is 13.1. The van der Waals surface area contributed by atoms with Crippen LogP contribution in [-0.2, 0) is 6.18 Å². The van der Waals surface area contributed by atoms with Crippen LogP contribution in [0, 0.1) is 11.3 Å². The molecule has 3 aromatic rings. The Morgan fingerprint density at radius 2 is 1.77 bits per heavy atom. The Kier molecular flexibility index (Phi) is 4.28. The van der Waals surface area contributed by atoms with Gasteiger partial charge in [0.05, 0.1) is 11.9 Å². The normalized spacial score (nSPS) is 12.2. The van der Waals surface area contributed by atoms with Crippen molar-refractivity contribution >= 4 is 14.8 Å². The lowest BCUT2D eigenvalue weighted by Gasteiger charge is -2.13. The summed E-state index contributed by atoms with van der Waals surface area (Å²) in [7, 11) is 1.23. The van der Waals surface area contributed by atoms with Crippen LogP contribution in [0.15, 0.2) is 36.7 Å². The van der Waals surface area contributed by atoms with Crippen molar-refractivity contribution in [3.8, 4) is 23.1 Å². The second kappa shape index (κ2) is 6.18. The highest BCUT2D eigenvalue weighted by Gasteiger charge is 2.37. The Balaban J connectivity index is 2.05. The van der Waals surface area contributed by atoms with Crippen LogP contribution in [0.25, 0.3) is 16.8 Å². The summed E-state index contributed by atoms with van der Waals surface area (Å²) < 4.78 is 70.0. The fraction of sp³-hybridized carbons (Fsp3) is 0.133. The molecule has 11 heteroatoms. The number of ether oxygens (including phenoxy) is 1. The van der Waals surface area contributed by atoms with Crippen LogP contribution in [-0.4, -0.2) is 20.2 Å². The van der Waals surface area contributed by atoms with Gasteiger partial charge >= 0.3 is 12.0 Å². The minimum Gasteiger partial charge on any atom is -0.430 e. The molecular weight excluding hydrogens is 378 g/mol. The van der Waals surface area contributed by atoms with Gasteiger partial charge in [-0.25, -0.2) is 4.98 Å². The maximum absolute atomic E-state index is 13.1. The summed E-state index contributed by atoms with van der Waals surface area (Å²) >= 11 is 0. The Labute approximate surface area is 145 Å². The number of aromatic nitrogens is 3. The Morgan fingerprint density at radius 1 is 1.12 bits per heavy atom. The molecule has 3 rings (SSSR count). The summed E-state index contributed by atoms with van der Waals surface area (Å²) in [6.07, 6.45) is -2.60. The summed E-state index contributed by atoms with van der Waals surface area (Å²) in [6, 6.07) is 6.80. The molecule has 2 heterocycles. The van der Waals surface area contributed by atoms with Gasteiger partial charge in [-0.15, -0.1) is 0 Å². The van der Waals surface area contributed by atoms with E-state index in [1.54, 1.807) is 6.07 Å². The summed E-state index contributed by atoms with van der Waals surface area (Å²) in [4.78, 5) is 7.31. The van der Waals surface area contributed by atoms with Crippen molar-refractivity contribution < 1.29 is 26.7 Å². The summed E-state index contributed by atoms with van der Waals surface area (Å²) in [6.45, 7) is 0. The third-order valence-electron chi connectivity index (χ3n) is 3.29. The van der Waals surface area contributed by atoms with Gasteiger partial charge in [0, 0.05) is 11.8 Å². The van der Waals surface area contributed by atoms with Crippen molar-refractivity contribution in [2.24, 2.45) is 0 Å². The van der Waals surface area contributed by atoms with E-state index >= 15 is 0 Å². The summed E-state index contributed by atoms with van der Waals surface area (Å²) in [5, 5.41) is 8.93. The summed E-state index contributed by atoms with van der Waals surface area (Å²) in [5.74, 6) is -4.82. The molecule has 0 amide bonds. The van der Waals surface area contributed by atoms with Crippen LogP contribution in [0.4, 0.5) is 22.0 Å². The van der Waals surface area contributed by atoms with Gasteiger partial charge in [-0.05, 0) is 33.5 Å². The number of halogens is 5. The SMILES string of the molecule is N#Cc1nc(C(F)(F)F)n2cc(-c3ccc(OC(F)(F)P)cc3)ncc12. The van der Waals surface area contributed by atoms with Crippen LogP contribution in [0.2, 0.25) is 0 Å². The molecule has 26 heavy (non-hydrogen) atoms. The first kappa shape index (κ1) is 18.0. The fourth-order valence-electron chi connectivity index (χ4n) is 2.27. The molecule has 0 N–H and O–H groups in total. The molecule has 1 atom stereocenters. The molecule has 0 aliphatic rings. The molecule has 0 saturated heterocycles. The van der Waals surface area contributed by atoms with Crippen LogP contribution >= 0.6 is 9.24 Å². The van der Waals surface area contributed by atoms with E-state index in [0.717, 1.165) is 16.8 Å². The fourth-order valence-corrected chi connectivity index (χ4v) is 2.40. The van der Waals surface area contributed by atoms with Crippen LogP contribution in [0.1, 0.15) is 11.5 Å². The maximum Gasteiger partial charge on any atom is 0.450 e. The molecule has 0 fully saturated rings. The molecule has 0 spiro atoms. The smallest absolute Gasteiger partial charge is 0.430 e. The van der Waals surface area contributed by atoms with E-state index in [1.807, 2.05) is 0 Å². The second-order valence-electron chi connectivity index (χ2n) is 5.11. The second-order valence-corrected chi connectivity index (χ2v) is 5.78. The lowest BCUT2D eigenvalue weighted by molar-refractivity contribution is -0.145. The first-order valence-electron chi connectivity index (χ1n) is 6.90. The van der Waals surface area contributed by atoms with E-state index in [4.69, 9.17) is 5.26 Å². The lowest BCUT2D eigenvalue weighted by atomic mass is 10.1. The highest BCUT2D eigenvalue weighted by Crippen LogP contribution is 2.32. The van der Waals surface area contributed by atoms with Crippen molar-refractivity contribution in [2.45, 2.75) is 12.0 Å². The molecule has 1 unspecified atom stereocenters. The average Bonchev–Trinajstić information content (AvgIpc) is 2.92. The molecule has 0 saturated carbocycles. The summed E-state index contributed by atoms with van der Waals surface area (Å²) in [5.41, 5.74) is 0.00899. The number of benzene rings is 1. The van der Waals surface area contributed by atoms with Gasteiger partial charge in [-0.2, -0.15) is 27.2 Å². The van der Waals surface area contributed by atoms with E-state index in [1.165, 1.54) is 33.5 Å². The number of nitrogens with zero attached hydrogens (tertiary/aromatic N) is 4. The number of nitriles is 1. The average molecular weight is 386 g/mol. The number of hydrogen-bond donors (Lipinski definition) is 0. The first-order valence-corrected chi connectivity index (χ1v) is 7.48. The van der Waals surface area contributed by atoms with E-state index in [9.17, 15) is 22.0 Å². The molecule has 0 aliphatic carbocycles. The van der Waals surface area contributed by atoms with Gasteiger partial charge < -0.3 is 4.74 Å². The van der Waals surface area contributed by atoms with E-state index in [2.05, 4.69) is 14.7 Å². The zero-order chi connectivity index (χ0) is 19.1. The molecule has 1 aromatic carbocycles. The van der Waals surface area contributed by atoms with E-state index < -0.39 is 23.5 Å². The Hall–Kier alpha value is -2.79. The molecule has 0 bridgehead atoms. The zero-order valence-electron chi connectivity index (χ0n) is 12.6. The number of hydrogen-bond acceptors (Lipinski definition) is 4. The minimum absolute atomic E-state index is 0.0915. The quantitative estimate of drug-likeness (QED) is 0.503. The van der Waals surface area contributed by atoms with E-state index in [0.29, 0.717) is 5.56 Å². The van der Waals surface area contributed by atoms with Gasteiger partial charge in [0.25, 0.3) is 0 Å². The van der Waals surface area contributed by atoms with Gasteiger partial charge in [0.1, 0.15) is 17.3 Å². The molecule has 134 valence electrons. The van der Waals surface area contributed by atoms with Gasteiger partial charge in [-0.1, -0.05) is 0 Å². The van der Waals surface area contributed by atoms with Gasteiger partial charge in [0.15, 0.2) is 5.69 Å². The lowest BCUT2D eigenvalue weighted by Crippen LogP contribution is -2.14. The molecule has 0 aliphatic heterocycles. The predicted molar refractivity (Wildman–Crippen MR) is 83.4 cm³/mol. The predicted octanol–water partition coefficient (Wildman–Crippen LogP) is 4.09. The van der Waals surface area contributed by atoms with Gasteiger partial charge in [0.2, 0.25) is 5.82 Å². The molecule has 2 aromatic heterocycles. The third-order valence-corrected chi connectivity index (χ3v) is 3.41. The van der Waals surface area contributed by atoms with E-state index in [-0.39, 0.29) is 17.0 Å². The Morgan fingerprint density at radius 3 is 2.31 bits per heavy atom. The van der Waals surface area contributed by atoms with Crippen molar-refractivity contribution in [2.75, 3.05) is 0 Å². The largest absolute Gasteiger partial charge is 0.450 e. The zero-order valence-corrected chi connectivity index (χ0v) is 13.8. The number of rotatable bonds is 3. The van der Waals surface area contributed by atoms with Crippen molar-refractivity contribution in [3.05, 3.63) is 48.2 Å².